The molecular formula is C18H28N4O3. The van der Waals surface area contributed by atoms with Crippen molar-refractivity contribution in [3.8, 4) is 0 Å². The summed E-state index contributed by atoms with van der Waals surface area (Å²) in [5.41, 5.74) is 2.11. The first kappa shape index (κ1) is 18.1. The predicted octanol–water partition coefficient (Wildman–Crippen LogP) is 1.33. The Morgan fingerprint density at radius 1 is 1.24 bits per heavy atom. The van der Waals surface area contributed by atoms with E-state index in [-0.39, 0.29) is 18.6 Å². The fourth-order valence-corrected chi connectivity index (χ4v) is 3.32. The van der Waals surface area contributed by atoms with E-state index in [1.807, 2.05) is 18.7 Å². The van der Waals surface area contributed by atoms with Crippen LogP contribution in [0.4, 0.5) is 5.82 Å². The van der Waals surface area contributed by atoms with E-state index >= 15 is 0 Å². The normalized spacial score (nSPS) is 21.4. The monoisotopic (exact) mass is 348 g/mol. The van der Waals surface area contributed by atoms with E-state index in [1.165, 1.54) is 6.42 Å². The first-order valence-electron chi connectivity index (χ1n) is 9.15. The molecule has 0 bridgehead atoms. The van der Waals surface area contributed by atoms with Crippen LogP contribution in [0.5, 0.6) is 0 Å². The molecule has 2 aliphatic heterocycles. The molecule has 2 saturated heterocycles. The fraction of sp³-hybridized carbons (Fsp3) is 0.722. The maximum absolute atomic E-state index is 12.3. The third-order valence-electron chi connectivity index (χ3n) is 5.04. The highest BCUT2D eigenvalue weighted by atomic mass is 16.5. The first-order chi connectivity index (χ1) is 12.1. The second-order valence-corrected chi connectivity index (χ2v) is 6.78. The molecule has 0 N–H and O–H groups in total. The van der Waals surface area contributed by atoms with Gasteiger partial charge in [0.25, 0.3) is 0 Å². The van der Waals surface area contributed by atoms with Gasteiger partial charge in [0, 0.05) is 44.0 Å². The number of piperazine rings is 1. The largest absolute Gasteiger partial charge is 0.376 e. The molecule has 0 unspecified atom stereocenters. The Balaban J connectivity index is 1.42. The number of anilines is 1. The van der Waals surface area contributed by atoms with Crippen molar-refractivity contribution in [2.45, 2.75) is 39.2 Å². The Hall–Kier alpha value is -1.73. The maximum Gasteiger partial charge on any atom is 0.248 e. The lowest BCUT2D eigenvalue weighted by Gasteiger charge is -2.36. The highest BCUT2D eigenvalue weighted by Gasteiger charge is 2.23. The minimum absolute atomic E-state index is 0.0612. The summed E-state index contributed by atoms with van der Waals surface area (Å²) < 4.78 is 11.2. The van der Waals surface area contributed by atoms with Crippen LogP contribution in [0.3, 0.4) is 0 Å². The summed E-state index contributed by atoms with van der Waals surface area (Å²) in [7, 11) is 0. The average Bonchev–Trinajstić information content (AvgIpc) is 2.65. The van der Waals surface area contributed by atoms with Crippen LogP contribution in [0.25, 0.3) is 0 Å². The van der Waals surface area contributed by atoms with Crippen LogP contribution in [0.2, 0.25) is 0 Å². The summed E-state index contributed by atoms with van der Waals surface area (Å²) in [5.74, 6) is 1.04. The molecule has 3 heterocycles. The Kier molecular flexibility index (Phi) is 6.20. The van der Waals surface area contributed by atoms with Crippen LogP contribution in [-0.4, -0.2) is 72.9 Å². The molecule has 2 aliphatic rings. The van der Waals surface area contributed by atoms with Crippen molar-refractivity contribution in [1.29, 1.82) is 0 Å². The zero-order valence-electron chi connectivity index (χ0n) is 15.2. The van der Waals surface area contributed by atoms with Crippen LogP contribution in [0.1, 0.15) is 30.5 Å². The Morgan fingerprint density at radius 3 is 2.76 bits per heavy atom. The number of hydrogen-bond donors (Lipinski definition) is 0. The molecule has 7 nitrogen and oxygen atoms in total. The fourth-order valence-electron chi connectivity index (χ4n) is 3.32. The van der Waals surface area contributed by atoms with Gasteiger partial charge in [-0.25, -0.2) is 9.97 Å². The van der Waals surface area contributed by atoms with Gasteiger partial charge in [-0.2, -0.15) is 0 Å². The van der Waals surface area contributed by atoms with Gasteiger partial charge in [0.05, 0.1) is 12.7 Å². The highest BCUT2D eigenvalue weighted by Crippen LogP contribution is 2.19. The topological polar surface area (TPSA) is 67.8 Å². The summed E-state index contributed by atoms with van der Waals surface area (Å²) in [6, 6.07) is 0. The molecule has 1 aromatic heterocycles. The van der Waals surface area contributed by atoms with E-state index in [0.29, 0.717) is 19.7 Å². The number of aryl methyl sites for hydroxylation is 1. The summed E-state index contributed by atoms with van der Waals surface area (Å²) in [6.45, 7) is 8.48. The number of hydrogen-bond acceptors (Lipinski definition) is 6. The highest BCUT2D eigenvalue weighted by molar-refractivity contribution is 5.77. The number of nitrogens with zero attached hydrogens (tertiary/aromatic N) is 4. The lowest BCUT2D eigenvalue weighted by molar-refractivity contribution is -0.138. The van der Waals surface area contributed by atoms with E-state index in [0.717, 1.165) is 49.6 Å². The van der Waals surface area contributed by atoms with Crippen molar-refractivity contribution in [3.63, 3.8) is 0 Å². The van der Waals surface area contributed by atoms with E-state index < -0.39 is 0 Å². The summed E-state index contributed by atoms with van der Waals surface area (Å²) in [5, 5.41) is 0. The van der Waals surface area contributed by atoms with Gasteiger partial charge in [-0.1, -0.05) is 0 Å². The molecule has 0 saturated carbocycles. The van der Waals surface area contributed by atoms with Crippen LogP contribution < -0.4 is 4.90 Å². The number of carbonyl (C=O) groups excluding carboxylic acids is 1. The zero-order valence-corrected chi connectivity index (χ0v) is 15.2. The molecule has 25 heavy (non-hydrogen) atoms. The smallest absolute Gasteiger partial charge is 0.248 e. The molecule has 1 aromatic rings. The summed E-state index contributed by atoms with van der Waals surface area (Å²) in [6.07, 6.45) is 5.11. The van der Waals surface area contributed by atoms with Crippen LogP contribution in [0, 0.1) is 13.8 Å². The lowest BCUT2D eigenvalue weighted by atomic mass is 10.1. The van der Waals surface area contributed by atoms with E-state index in [9.17, 15) is 4.79 Å². The van der Waals surface area contributed by atoms with Crippen molar-refractivity contribution in [3.05, 3.63) is 17.6 Å². The van der Waals surface area contributed by atoms with Crippen molar-refractivity contribution in [1.82, 2.24) is 14.9 Å². The van der Waals surface area contributed by atoms with Gasteiger partial charge in [0.2, 0.25) is 5.91 Å². The van der Waals surface area contributed by atoms with Crippen LogP contribution in [0.15, 0.2) is 6.33 Å². The summed E-state index contributed by atoms with van der Waals surface area (Å²) in [4.78, 5) is 25.1. The Bertz CT molecular complexity index is 582. The second-order valence-electron chi connectivity index (χ2n) is 6.78. The molecule has 1 atom stereocenters. The van der Waals surface area contributed by atoms with E-state index in [2.05, 4.69) is 14.9 Å². The minimum Gasteiger partial charge on any atom is -0.376 e. The molecule has 2 fully saturated rings. The maximum atomic E-state index is 12.3. The van der Waals surface area contributed by atoms with Gasteiger partial charge in [-0.3, -0.25) is 4.79 Å². The van der Waals surface area contributed by atoms with E-state index in [1.54, 1.807) is 6.33 Å². The zero-order chi connectivity index (χ0) is 17.6. The molecule has 1 amide bonds. The first-order valence-corrected chi connectivity index (χ1v) is 9.15. The van der Waals surface area contributed by atoms with Crippen molar-refractivity contribution >= 4 is 11.7 Å². The molecule has 0 spiro atoms. The number of carbonyl (C=O) groups is 1. The molecule has 0 radical (unpaired) electrons. The number of aromatic nitrogens is 2. The van der Waals surface area contributed by atoms with Gasteiger partial charge in [-0.15, -0.1) is 0 Å². The number of amides is 1. The van der Waals surface area contributed by atoms with Gasteiger partial charge in [0.15, 0.2) is 0 Å². The van der Waals surface area contributed by atoms with Gasteiger partial charge in [0.1, 0.15) is 18.8 Å². The molecule has 0 aliphatic carbocycles. The second kappa shape index (κ2) is 8.58. The summed E-state index contributed by atoms with van der Waals surface area (Å²) >= 11 is 0. The van der Waals surface area contributed by atoms with Crippen LogP contribution in [-0.2, 0) is 14.3 Å². The third kappa shape index (κ3) is 4.67. The predicted molar refractivity (Wildman–Crippen MR) is 94.7 cm³/mol. The molecule has 0 aromatic carbocycles. The minimum atomic E-state index is 0.0612. The van der Waals surface area contributed by atoms with Gasteiger partial charge >= 0.3 is 0 Å². The van der Waals surface area contributed by atoms with Crippen molar-refractivity contribution < 1.29 is 14.3 Å². The average molecular weight is 348 g/mol. The SMILES string of the molecule is Cc1ncnc(N2CCN(C(=O)COC[C@@H]3CCCCO3)CC2)c1C. The quantitative estimate of drug-likeness (QED) is 0.800. The molecular weight excluding hydrogens is 320 g/mol. The van der Waals surface area contributed by atoms with Gasteiger partial charge < -0.3 is 19.3 Å². The third-order valence-corrected chi connectivity index (χ3v) is 5.04. The van der Waals surface area contributed by atoms with Crippen molar-refractivity contribution in [2.24, 2.45) is 0 Å². The standard InChI is InChI=1S/C18H28N4O3/c1-14-15(2)19-13-20-18(14)22-8-6-21(7-9-22)17(23)12-24-11-16-5-3-4-10-25-16/h13,16H,3-12H2,1-2H3/t16-/m0/s1. The molecule has 7 heteroatoms. The van der Waals surface area contributed by atoms with Gasteiger partial charge in [-0.05, 0) is 33.1 Å². The Morgan fingerprint density at radius 2 is 2.04 bits per heavy atom. The van der Waals surface area contributed by atoms with E-state index in [4.69, 9.17) is 9.47 Å². The number of rotatable bonds is 5. The lowest BCUT2D eigenvalue weighted by Crippen LogP contribution is -2.50. The Labute approximate surface area is 149 Å². The number of ether oxygens (including phenoxy) is 2. The van der Waals surface area contributed by atoms with Crippen molar-refractivity contribution in [2.75, 3.05) is 50.9 Å². The molecule has 3 rings (SSSR count). The van der Waals surface area contributed by atoms with Crippen LogP contribution >= 0.6 is 0 Å². The molecule has 138 valence electrons.